The molecule has 0 aliphatic rings. The molecule has 1 amide bonds. The Hall–Kier alpha value is -2.04. The van der Waals surface area contributed by atoms with Crippen molar-refractivity contribution in [2.45, 2.75) is 45.9 Å². The summed E-state index contributed by atoms with van der Waals surface area (Å²) in [4.78, 5) is 25.4. The Balaban J connectivity index is 2.94. The topological polar surface area (TPSA) is 55.8 Å². The van der Waals surface area contributed by atoms with Gasteiger partial charge in [-0.15, -0.1) is 0 Å². The van der Waals surface area contributed by atoms with E-state index in [0.717, 1.165) is 5.56 Å². The van der Waals surface area contributed by atoms with Gasteiger partial charge < -0.3 is 9.47 Å². The van der Waals surface area contributed by atoms with Gasteiger partial charge in [-0.2, -0.15) is 0 Å². The first-order valence-corrected chi connectivity index (χ1v) is 6.86. The average Bonchev–Trinajstić information content (AvgIpc) is 2.42. The van der Waals surface area contributed by atoms with Crippen molar-refractivity contribution in [3.63, 3.8) is 0 Å². The molecule has 1 aromatic rings. The minimum Gasteiger partial charge on any atom is -0.467 e. The van der Waals surface area contributed by atoms with Gasteiger partial charge in [-0.3, -0.25) is 4.90 Å². The van der Waals surface area contributed by atoms with Crippen LogP contribution in [-0.2, 0) is 20.8 Å². The van der Waals surface area contributed by atoms with Gasteiger partial charge in [0, 0.05) is 6.54 Å². The lowest BCUT2D eigenvalue weighted by Gasteiger charge is -2.30. The monoisotopic (exact) mass is 293 g/mol. The summed E-state index contributed by atoms with van der Waals surface area (Å²) in [5, 5.41) is 0. The van der Waals surface area contributed by atoms with Crippen molar-refractivity contribution in [1.29, 1.82) is 0 Å². The molecule has 0 N–H and O–H groups in total. The molecule has 1 atom stereocenters. The summed E-state index contributed by atoms with van der Waals surface area (Å²) in [5.74, 6) is -0.475. The van der Waals surface area contributed by atoms with Crippen LogP contribution in [0.1, 0.15) is 33.3 Å². The van der Waals surface area contributed by atoms with Crippen molar-refractivity contribution < 1.29 is 19.1 Å². The molecule has 0 heterocycles. The first-order valence-electron chi connectivity index (χ1n) is 6.86. The fraction of sp³-hybridized carbons (Fsp3) is 0.500. The number of carbonyl (C=O) groups is 2. The van der Waals surface area contributed by atoms with Crippen LogP contribution in [0.3, 0.4) is 0 Å². The smallest absolute Gasteiger partial charge is 0.411 e. The van der Waals surface area contributed by atoms with Crippen LogP contribution >= 0.6 is 0 Å². The molecule has 0 fully saturated rings. The summed E-state index contributed by atoms with van der Waals surface area (Å²) in [5.41, 5.74) is 0.293. The molecule has 0 radical (unpaired) electrons. The van der Waals surface area contributed by atoms with Gasteiger partial charge in [-0.05, 0) is 33.3 Å². The predicted molar refractivity (Wildman–Crippen MR) is 79.7 cm³/mol. The van der Waals surface area contributed by atoms with E-state index < -0.39 is 23.7 Å². The maximum Gasteiger partial charge on any atom is 0.411 e. The Kier molecular flexibility index (Phi) is 5.76. The second kappa shape index (κ2) is 7.11. The van der Waals surface area contributed by atoms with E-state index in [1.165, 1.54) is 12.0 Å². The van der Waals surface area contributed by atoms with Gasteiger partial charge >= 0.3 is 12.1 Å². The van der Waals surface area contributed by atoms with E-state index in [9.17, 15) is 9.59 Å². The second-order valence-electron chi connectivity index (χ2n) is 5.79. The van der Waals surface area contributed by atoms with E-state index in [2.05, 4.69) is 0 Å². The van der Waals surface area contributed by atoms with Crippen molar-refractivity contribution in [3.05, 3.63) is 35.9 Å². The standard InChI is InChI=1S/C16H23NO4/c1-12(14(18)20-5)17(15(19)21-16(2,3)4)11-13-9-7-6-8-10-13/h6-10,12H,11H2,1-5H3/t12-/m1/s1. The summed E-state index contributed by atoms with van der Waals surface area (Å²) >= 11 is 0. The van der Waals surface area contributed by atoms with Gasteiger partial charge in [0.2, 0.25) is 0 Å². The van der Waals surface area contributed by atoms with Crippen molar-refractivity contribution in [2.24, 2.45) is 0 Å². The molecular formula is C16H23NO4. The fourth-order valence-corrected chi connectivity index (χ4v) is 1.76. The van der Waals surface area contributed by atoms with E-state index >= 15 is 0 Å². The Bertz CT molecular complexity index is 479. The molecule has 1 rings (SSSR count). The van der Waals surface area contributed by atoms with Gasteiger partial charge in [0.25, 0.3) is 0 Å². The van der Waals surface area contributed by atoms with Crippen molar-refractivity contribution in [3.8, 4) is 0 Å². The normalized spacial score (nSPS) is 12.4. The fourth-order valence-electron chi connectivity index (χ4n) is 1.76. The summed E-state index contributed by atoms with van der Waals surface area (Å²) in [7, 11) is 1.30. The lowest BCUT2D eigenvalue weighted by molar-refractivity contribution is -0.146. The summed E-state index contributed by atoms with van der Waals surface area (Å²) in [6.45, 7) is 7.27. The number of rotatable bonds is 4. The molecule has 116 valence electrons. The summed E-state index contributed by atoms with van der Waals surface area (Å²) in [6.07, 6.45) is -0.538. The summed E-state index contributed by atoms with van der Waals surface area (Å²) in [6, 6.07) is 8.72. The van der Waals surface area contributed by atoms with E-state index in [0.29, 0.717) is 0 Å². The highest BCUT2D eigenvalue weighted by atomic mass is 16.6. The van der Waals surface area contributed by atoms with Crippen molar-refractivity contribution in [1.82, 2.24) is 4.90 Å². The van der Waals surface area contributed by atoms with Crippen LogP contribution in [0.4, 0.5) is 4.79 Å². The Morgan fingerprint density at radius 3 is 2.24 bits per heavy atom. The minimum atomic E-state index is -0.718. The SMILES string of the molecule is COC(=O)[C@@H](C)N(Cc1ccccc1)C(=O)OC(C)(C)C. The average molecular weight is 293 g/mol. The number of esters is 1. The number of benzene rings is 1. The van der Waals surface area contributed by atoms with Crippen LogP contribution in [-0.4, -0.2) is 35.7 Å². The van der Waals surface area contributed by atoms with E-state index in [1.54, 1.807) is 27.7 Å². The minimum absolute atomic E-state index is 0.284. The Labute approximate surface area is 125 Å². The number of hydrogen-bond acceptors (Lipinski definition) is 4. The number of amides is 1. The van der Waals surface area contributed by atoms with Crippen molar-refractivity contribution in [2.75, 3.05) is 7.11 Å². The van der Waals surface area contributed by atoms with E-state index in [-0.39, 0.29) is 6.54 Å². The Morgan fingerprint density at radius 1 is 1.19 bits per heavy atom. The van der Waals surface area contributed by atoms with Crippen LogP contribution in [0.2, 0.25) is 0 Å². The zero-order valence-electron chi connectivity index (χ0n) is 13.3. The highest BCUT2D eigenvalue weighted by Gasteiger charge is 2.30. The molecule has 0 aromatic heterocycles. The largest absolute Gasteiger partial charge is 0.467 e. The second-order valence-corrected chi connectivity index (χ2v) is 5.79. The lowest BCUT2D eigenvalue weighted by Crippen LogP contribution is -2.45. The molecule has 0 aliphatic carbocycles. The number of hydrogen-bond donors (Lipinski definition) is 0. The van der Waals surface area contributed by atoms with Crippen LogP contribution in [0, 0.1) is 0 Å². The number of methoxy groups -OCH3 is 1. The molecule has 0 saturated heterocycles. The molecule has 0 unspecified atom stereocenters. The van der Waals surface area contributed by atoms with Gasteiger partial charge in [-0.25, -0.2) is 9.59 Å². The third-order valence-electron chi connectivity index (χ3n) is 2.83. The Morgan fingerprint density at radius 2 is 1.76 bits per heavy atom. The molecular weight excluding hydrogens is 270 g/mol. The van der Waals surface area contributed by atoms with Crippen LogP contribution in [0.5, 0.6) is 0 Å². The van der Waals surface area contributed by atoms with Gasteiger partial charge in [0.1, 0.15) is 11.6 Å². The number of ether oxygens (including phenoxy) is 2. The number of carbonyl (C=O) groups excluding carboxylic acids is 2. The highest BCUT2D eigenvalue weighted by Crippen LogP contribution is 2.15. The lowest BCUT2D eigenvalue weighted by atomic mass is 10.2. The first-order chi connectivity index (χ1) is 9.74. The molecule has 5 heteroatoms. The molecule has 0 aliphatic heterocycles. The predicted octanol–water partition coefficient (Wildman–Crippen LogP) is 2.99. The van der Waals surface area contributed by atoms with Gasteiger partial charge in [-0.1, -0.05) is 30.3 Å². The van der Waals surface area contributed by atoms with Crippen LogP contribution in [0.25, 0.3) is 0 Å². The summed E-state index contributed by atoms with van der Waals surface area (Å²) < 4.78 is 10.1. The van der Waals surface area contributed by atoms with Crippen LogP contribution < -0.4 is 0 Å². The maximum atomic E-state index is 12.3. The van der Waals surface area contributed by atoms with Gasteiger partial charge in [0.15, 0.2) is 0 Å². The molecule has 0 bridgehead atoms. The molecule has 0 spiro atoms. The third-order valence-corrected chi connectivity index (χ3v) is 2.83. The zero-order valence-corrected chi connectivity index (χ0v) is 13.3. The van der Waals surface area contributed by atoms with Crippen molar-refractivity contribution >= 4 is 12.1 Å². The van der Waals surface area contributed by atoms with E-state index in [1.807, 2.05) is 30.3 Å². The molecule has 21 heavy (non-hydrogen) atoms. The first kappa shape index (κ1) is 17.0. The zero-order chi connectivity index (χ0) is 16.0. The molecule has 5 nitrogen and oxygen atoms in total. The van der Waals surface area contributed by atoms with Gasteiger partial charge in [0.05, 0.1) is 7.11 Å². The molecule has 1 aromatic carbocycles. The van der Waals surface area contributed by atoms with E-state index in [4.69, 9.17) is 9.47 Å². The number of nitrogens with zero attached hydrogens (tertiary/aromatic N) is 1. The quantitative estimate of drug-likeness (QED) is 0.801. The highest BCUT2D eigenvalue weighted by molar-refractivity contribution is 5.81. The molecule has 0 saturated carbocycles. The third kappa shape index (κ3) is 5.45. The maximum absolute atomic E-state index is 12.3. The van der Waals surface area contributed by atoms with Crippen LogP contribution in [0.15, 0.2) is 30.3 Å².